The summed E-state index contributed by atoms with van der Waals surface area (Å²) in [4.78, 5) is 29.5. The lowest BCUT2D eigenvalue weighted by Crippen LogP contribution is -2.23. The normalized spacial score (nSPS) is 16.3. The molecule has 27 heavy (non-hydrogen) atoms. The van der Waals surface area contributed by atoms with E-state index >= 15 is 0 Å². The van der Waals surface area contributed by atoms with Gasteiger partial charge in [-0.2, -0.15) is 0 Å². The Bertz CT molecular complexity index is 1140. The van der Waals surface area contributed by atoms with E-state index in [9.17, 15) is 19.1 Å². The number of halogens is 2. The van der Waals surface area contributed by atoms with Crippen molar-refractivity contribution in [3.8, 4) is 5.75 Å². The van der Waals surface area contributed by atoms with E-state index in [-0.39, 0.29) is 22.0 Å². The molecule has 3 aromatic rings. The van der Waals surface area contributed by atoms with Gasteiger partial charge < -0.3 is 15.4 Å². The number of anilines is 1. The zero-order chi connectivity index (χ0) is 19.3. The van der Waals surface area contributed by atoms with Crippen LogP contribution in [0, 0.1) is 11.7 Å². The Hall–Kier alpha value is -2.38. The first-order valence-electron chi connectivity index (χ1n) is 8.51. The third kappa shape index (κ3) is 3.11. The molecular formula is C19H16ClFN2O3S. The van der Waals surface area contributed by atoms with Crippen LogP contribution in [-0.4, -0.2) is 16.0 Å². The van der Waals surface area contributed by atoms with Gasteiger partial charge in [-0.1, -0.05) is 18.5 Å². The van der Waals surface area contributed by atoms with Gasteiger partial charge in [-0.25, -0.2) is 4.39 Å². The number of aromatic nitrogens is 1. The number of aromatic amines is 1. The van der Waals surface area contributed by atoms with Crippen molar-refractivity contribution in [2.45, 2.75) is 26.2 Å². The van der Waals surface area contributed by atoms with Crippen LogP contribution in [0.4, 0.5) is 10.1 Å². The van der Waals surface area contributed by atoms with E-state index < -0.39 is 17.3 Å². The Balaban J connectivity index is 1.78. The van der Waals surface area contributed by atoms with Gasteiger partial charge in [-0.15, -0.1) is 11.3 Å². The van der Waals surface area contributed by atoms with E-state index in [0.29, 0.717) is 16.1 Å². The summed E-state index contributed by atoms with van der Waals surface area (Å²) in [6.45, 7) is 2.17. The Kier molecular flexibility index (Phi) is 4.44. The summed E-state index contributed by atoms with van der Waals surface area (Å²) in [5.41, 5.74) is 0.201. The Labute approximate surface area is 162 Å². The molecule has 140 valence electrons. The lowest BCUT2D eigenvalue weighted by molar-refractivity contribution is 0.102. The van der Waals surface area contributed by atoms with Gasteiger partial charge in [-0.3, -0.25) is 9.59 Å². The number of aryl methyl sites for hydroxylation is 1. The highest BCUT2D eigenvalue weighted by molar-refractivity contribution is 7.18. The maximum absolute atomic E-state index is 13.3. The van der Waals surface area contributed by atoms with Crippen LogP contribution in [0.2, 0.25) is 5.02 Å². The number of carbonyl (C=O) groups is 1. The average Bonchev–Trinajstić information content (AvgIpc) is 2.95. The Morgan fingerprint density at radius 1 is 1.44 bits per heavy atom. The highest BCUT2D eigenvalue weighted by atomic mass is 35.5. The van der Waals surface area contributed by atoms with Gasteiger partial charge in [0.1, 0.15) is 22.0 Å². The molecule has 5 nitrogen and oxygen atoms in total. The number of pyridine rings is 1. The molecule has 4 rings (SSSR count). The molecule has 1 amide bonds. The minimum atomic E-state index is -0.776. The number of rotatable bonds is 2. The summed E-state index contributed by atoms with van der Waals surface area (Å²) in [5.74, 6) is -1.16. The van der Waals surface area contributed by atoms with E-state index in [2.05, 4.69) is 17.2 Å². The average molecular weight is 407 g/mol. The van der Waals surface area contributed by atoms with Crippen molar-refractivity contribution in [2.24, 2.45) is 5.92 Å². The second kappa shape index (κ2) is 6.65. The summed E-state index contributed by atoms with van der Waals surface area (Å²) < 4.78 is 13.3. The van der Waals surface area contributed by atoms with Crippen molar-refractivity contribution in [3.63, 3.8) is 0 Å². The Morgan fingerprint density at radius 2 is 2.22 bits per heavy atom. The molecule has 1 aliphatic rings. The fourth-order valence-electron chi connectivity index (χ4n) is 3.47. The van der Waals surface area contributed by atoms with Gasteiger partial charge in [0.2, 0.25) is 0 Å². The number of aromatic hydroxyl groups is 1. The molecular weight excluding hydrogens is 391 g/mol. The van der Waals surface area contributed by atoms with Gasteiger partial charge >= 0.3 is 0 Å². The van der Waals surface area contributed by atoms with E-state index in [1.54, 1.807) is 0 Å². The molecule has 0 radical (unpaired) electrons. The first kappa shape index (κ1) is 18.0. The van der Waals surface area contributed by atoms with Crippen molar-refractivity contribution in [2.75, 3.05) is 5.32 Å². The predicted octanol–water partition coefficient (Wildman–Crippen LogP) is 4.46. The van der Waals surface area contributed by atoms with Crippen LogP contribution < -0.4 is 10.9 Å². The molecule has 1 aromatic carbocycles. The van der Waals surface area contributed by atoms with E-state index in [0.717, 1.165) is 35.8 Å². The molecule has 0 saturated carbocycles. The molecule has 0 fully saturated rings. The Morgan fingerprint density at radius 3 is 2.96 bits per heavy atom. The fraction of sp³-hybridized carbons (Fsp3) is 0.263. The number of H-pyrrole nitrogens is 1. The summed E-state index contributed by atoms with van der Waals surface area (Å²) in [6, 6.07) is 3.69. The topological polar surface area (TPSA) is 82.2 Å². The second-order valence-electron chi connectivity index (χ2n) is 6.82. The van der Waals surface area contributed by atoms with Crippen LogP contribution in [0.25, 0.3) is 10.2 Å². The molecule has 8 heteroatoms. The molecule has 2 aromatic heterocycles. The molecule has 3 N–H and O–H groups in total. The summed E-state index contributed by atoms with van der Waals surface area (Å²) in [6.07, 6.45) is 2.68. The highest BCUT2D eigenvalue weighted by Gasteiger charge is 2.27. The van der Waals surface area contributed by atoms with Crippen molar-refractivity contribution < 1.29 is 14.3 Å². The highest BCUT2D eigenvalue weighted by Crippen LogP contribution is 2.41. The summed E-state index contributed by atoms with van der Waals surface area (Å²) in [7, 11) is 0. The number of nitrogens with one attached hydrogen (secondary N) is 2. The molecule has 0 aliphatic heterocycles. The molecule has 1 aliphatic carbocycles. The lowest BCUT2D eigenvalue weighted by atomic mass is 9.89. The zero-order valence-electron chi connectivity index (χ0n) is 14.4. The predicted molar refractivity (Wildman–Crippen MR) is 105 cm³/mol. The number of amides is 1. The van der Waals surface area contributed by atoms with Crippen molar-refractivity contribution in [3.05, 3.63) is 55.4 Å². The van der Waals surface area contributed by atoms with E-state index in [1.807, 2.05) is 0 Å². The number of benzene rings is 1. The van der Waals surface area contributed by atoms with Crippen LogP contribution in [0.3, 0.4) is 0 Å². The molecule has 1 unspecified atom stereocenters. The molecule has 1 atom stereocenters. The van der Waals surface area contributed by atoms with Crippen molar-refractivity contribution >= 4 is 44.7 Å². The van der Waals surface area contributed by atoms with Crippen LogP contribution in [0.15, 0.2) is 23.0 Å². The van der Waals surface area contributed by atoms with E-state index in [1.165, 1.54) is 23.5 Å². The SMILES string of the molecule is CC1CCc2c(sc3[nH]c(=O)c(C(=O)Nc4ccc(F)c(Cl)c4)c(O)c23)C1. The van der Waals surface area contributed by atoms with Crippen LogP contribution in [-0.2, 0) is 12.8 Å². The fourth-order valence-corrected chi connectivity index (χ4v) is 5.05. The van der Waals surface area contributed by atoms with Crippen LogP contribution in [0.1, 0.15) is 34.1 Å². The number of carbonyl (C=O) groups excluding carboxylic acids is 1. The standard InChI is InChI=1S/C19H16ClFN2O3S/c1-8-2-4-10-13(6-8)27-19-14(10)16(24)15(18(26)23-19)17(25)22-9-3-5-12(21)11(20)7-9/h3,5,7-8H,2,4,6H2,1H3,(H,22,25)(H2,23,24,26). The molecule has 2 heterocycles. The quantitative estimate of drug-likeness (QED) is 0.587. The van der Waals surface area contributed by atoms with Crippen molar-refractivity contribution in [1.29, 1.82) is 0 Å². The molecule has 0 bridgehead atoms. The monoisotopic (exact) mass is 406 g/mol. The number of thiophene rings is 1. The largest absolute Gasteiger partial charge is 0.506 e. The smallest absolute Gasteiger partial charge is 0.265 e. The van der Waals surface area contributed by atoms with Crippen LogP contribution in [0.5, 0.6) is 5.75 Å². The maximum atomic E-state index is 13.3. The molecule has 0 saturated heterocycles. The minimum absolute atomic E-state index is 0.151. The van der Waals surface area contributed by atoms with Gasteiger partial charge in [0.05, 0.1) is 10.4 Å². The maximum Gasteiger partial charge on any atom is 0.265 e. The van der Waals surface area contributed by atoms with Crippen molar-refractivity contribution in [1.82, 2.24) is 4.98 Å². The third-order valence-corrected chi connectivity index (χ3v) is 6.30. The minimum Gasteiger partial charge on any atom is -0.506 e. The first-order valence-corrected chi connectivity index (χ1v) is 9.70. The van der Waals surface area contributed by atoms with Gasteiger partial charge in [0, 0.05) is 10.6 Å². The lowest BCUT2D eigenvalue weighted by Gasteiger charge is -2.18. The zero-order valence-corrected chi connectivity index (χ0v) is 15.9. The van der Waals surface area contributed by atoms with Gasteiger partial charge in [0.25, 0.3) is 11.5 Å². The number of fused-ring (bicyclic) bond motifs is 3. The van der Waals surface area contributed by atoms with Gasteiger partial charge in [-0.05, 0) is 48.9 Å². The first-order chi connectivity index (χ1) is 12.8. The van der Waals surface area contributed by atoms with Gasteiger partial charge in [0.15, 0.2) is 0 Å². The number of hydrogen-bond donors (Lipinski definition) is 3. The second-order valence-corrected chi connectivity index (χ2v) is 8.33. The summed E-state index contributed by atoms with van der Waals surface area (Å²) >= 11 is 7.17. The summed E-state index contributed by atoms with van der Waals surface area (Å²) in [5, 5.41) is 13.6. The number of hydrogen-bond acceptors (Lipinski definition) is 4. The third-order valence-electron chi connectivity index (χ3n) is 4.84. The van der Waals surface area contributed by atoms with E-state index in [4.69, 9.17) is 11.6 Å². The van der Waals surface area contributed by atoms with Crippen LogP contribution >= 0.6 is 22.9 Å². The molecule has 0 spiro atoms.